The van der Waals surface area contributed by atoms with Gasteiger partial charge in [0, 0.05) is 18.5 Å². The molecule has 2 saturated carbocycles. The van der Waals surface area contributed by atoms with Crippen molar-refractivity contribution in [3.63, 3.8) is 0 Å². The van der Waals surface area contributed by atoms with Gasteiger partial charge in [0.25, 0.3) is 0 Å². The van der Waals surface area contributed by atoms with Gasteiger partial charge in [0.1, 0.15) is 13.2 Å². The maximum atomic E-state index is 12.6. The minimum atomic E-state index is -1.04. The predicted molar refractivity (Wildman–Crippen MR) is 123 cm³/mol. The van der Waals surface area contributed by atoms with Crippen LogP contribution in [0.1, 0.15) is 36.3 Å². The van der Waals surface area contributed by atoms with Gasteiger partial charge in [0.15, 0.2) is 0 Å². The van der Waals surface area contributed by atoms with E-state index in [1.807, 2.05) is 24.3 Å². The lowest BCUT2D eigenvalue weighted by Crippen LogP contribution is -2.39. The molecule has 178 valence electrons. The van der Waals surface area contributed by atoms with Gasteiger partial charge in [-0.05, 0) is 47.4 Å². The first kappa shape index (κ1) is 22.4. The van der Waals surface area contributed by atoms with E-state index in [4.69, 9.17) is 14.6 Å². The number of hydrogen-bond acceptors (Lipinski definition) is 5. The Hall–Kier alpha value is -3.39. The molecule has 0 saturated heterocycles. The van der Waals surface area contributed by atoms with Crippen molar-refractivity contribution in [1.29, 1.82) is 0 Å². The maximum Gasteiger partial charge on any atom is 0.407 e. The van der Waals surface area contributed by atoms with Gasteiger partial charge < -0.3 is 25.2 Å². The summed E-state index contributed by atoms with van der Waals surface area (Å²) in [5, 5.41) is 14.4. The van der Waals surface area contributed by atoms with Crippen molar-refractivity contribution >= 4 is 18.0 Å². The minimum Gasteiger partial charge on any atom is -0.480 e. The van der Waals surface area contributed by atoms with Crippen LogP contribution in [0.3, 0.4) is 0 Å². The Morgan fingerprint density at radius 2 is 1.68 bits per heavy atom. The molecule has 2 fully saturated rings. The smallest absolute Gasteiger partial charge is 0.407 e. The number of fused-ring (bicyclic) bond motifs is 4. The zero-order valence-electron chi connectivity index (χ0n) is 18.8. The third-order valence-corrected chi connectivity index (χ3v) is 7.29. The fourth-order valence-corrected chi connectivity index (χ4v) is 5.67. The van der Waals surface area contributed by atoms with Crippen LogP contribution in [0, 0.1) is 11.3 Å². The van der Waals surface area contributed by atoms with E-state index < -0.39 is 17.5 Å². The molecule has 0 bridgehead atoms. The van der Waals surface area contributed by atoms with Crippen LogP contribution in [0.2, 0.25) is 0 Å². The second-order valence-corrected chi connectivity index (χ2v) is 9.37. The third-order valence-electron chi connectivity index (χ3n) is 7.29. The van der Waals surface area contributed by atoms with Gasteiger partial charge in [-0.2, -0.15) is 0 Å². The van der Waals surface area contributed by atoms with E-state index in [0.29, 0.717) is 6.42 Å². The van der Waals surface area contributed by atoms with Crippen molar-refractivity contribution in [1.82, 2.24) is 10.6 Å². The van der Waals surface area contributed by atoms with Crippen LogP contribution in [0.15, 0.2) is 48.5 Å². The summed E-state index contributed by atoms with van der Waals surface area (Å²) in [6.07, 6.45) is 1.71. The molecule has 5 rings (SSSR count). The first-order chi connectivity index (χ1) is 16.5. The molecule has 2 aromatic carbocycles. The summed E-state index contributed by atoms with van der Waals surface area (Å²) in [4.78, 5) is 35.7. The largest absolute Gasteiger partial charge is 0.480 e. The monoisotopic (exact) mass is 464 g/mol. The molecule has 0 aromatic heterocycles. The number of benzene rings is 2. The summed E-state index contributed by atoms with van der Waals surface area (Å²) >= 11 is 0. The summed E-state index contributed by atoms with van der Waals surface area (Å²) in [6.45, 7) is 0.305. The van der Waals surface area contributed by atoms with E-state index in [2.05, 4.69) is 34.9 Å². The van der Waals surface area contributed by atoms with Crippen LogP contribution in [-0.4, -0.2) is 55.5 Å². The fraction of sp³-hybridized carbons (Fsp3) is 0.423. The first-order valence-corrected chi connectivity index (χ1v) is 11.7. The Balaban J connectivity index is 1.10. The lowest BCUT2D eigenvalue weighted by atomic mass is 9.98. The summed E-state index contributed by atoms with van der Waals surface area (Å²) < 4.78 is 10.6. The average Bonchev–Trinajstić information content (AvgIpc) is 3.25. The molecule has 8 nitrogen and oxygen atoms in total. The van der Waals surface area contributed by atoms with E-state index in [1.54, 1.807) is 0 Å². The van der Waals surface area contributed by atoms with E-state index in [0.717, 1.165) is 12.8 Å². The standard InChI is InChI=1S/C26H28N2O6/c29-23(30)15-33-10-9-27-24(31)26-12-16(26)11-17(13-26)28-25(32)34-14-22-20-7-3-1-5-18(20)19-6-2-4-8-21(19)22/h1-8,16-17,22H,9-15H2,(H,27,31)(H,28,32)(H,29,30)/t16-,17+,26+/m1/s1. The van der Waals surface area contributed by atoms with Gasteiger partial charge in [-0.15, -0.1) is 0 Å². The van der Waals surface area contributed by atoms with Crippen LogP contribution in [-0.2, 0) is 19.1 Å². The van der Waals surface area contributed by atoms with Gasteiger partial charge in [-0.25, -0.2) is 9.59 Å². The molecule has 0 unspecified atom stereocenters. The molecule has 8 heteroatoms. The number of carbonyl (C=O) groups excluding carboxylic acids is 2. The lowest BCUT2D eigenvalue weighted by molar-refractivity contribution is -0.142. The van der Waals surface area contributed by atoms with Crippen molar-refractivity contribution in [2.45, 2.75) is 31.2 Å². The molecule has 3 aliphatic rings. The summed E-state index contributed by atoms with van der Waals surface area (Å²) in [5.41, 5.74) is 4.27. The molecular weight excluding hydrogens is 436 g/mol. The quantitative estimate of drug-likeness (QED) is 0.492. The van der Waals surface area contributed by atoms with Crippen LogP contribution >= 0.6 is 0 Å². The Bertz CT molecular complexity index is 1070. The SMILES string of the molecule is O=C(O)COCCNC(=O)[C@@]12C[C@@H](NC(=O)OCC3c4ccccc4-c4ccccc43)C[C@@H]1C2. The number of ether oxygens (including phenoxy) is 2. The van der Waals surface area contributed by atoms with E-state index in [9.17, 15) is 14.4 Å². The number of hydrogen-bond donors (Lipinski definition) is 3. The number of aliphatic carboxylic acids is 1. The normalized spacial score (nSPS) is 24.0. The van der Waals surface area contributed by atoms with E-state index >= 15 is 0 Å². The third kappa shape index (κ3) is 4.25. The molecule has 34 heavy (non-hydrogen) atoms. The molecule has 2 amide bonds. The minimum absolute atomic E-state index is 0.00981. The van der Waals surface area contributed by atoms with E-state index in [-0.39, 0.29) is 50.2 Å². The van der Waals surface area contributed by atoms with Crippen LogP contribution < -0.4 is 10.6 Å². The molecule has 3 N–H and O–H groups in total. The Morgan fingerprint density at radius 3 is 2.35 bits per heavy atom. The Labute approximate surface area is 197 Å². The second-order valence-electron chi connectivity index (χ2n) is 9.37. The molecule has 0 radical (unpaired) electrons. The zero-order valence-corrected chi connectivity index (χ0v) is 18.8. The molecule has 2 aromatic rings. The van der Waals surface area contributed by atoms with Crippen LogP contribution in [0.5, 0.6) is 0 Å². The second kappa shape index (κ2) is 9.10. The van der Waals surface area contributed by atoms with Gasteiger partial charge >= 0.3 is 12.1 Å². The zero-order chi connectivity index (χ0) is 23.7. The number of carboxylic acid groups (broad SMARTS) is 1. The fourth-order valence-electron chi connectivity index (χ4n) is 5.67. The number of amides is 2. The molecular formula is C26H28N2O6. The van der Waals surface area contributed by atoms with Gasteiger partial charge in [-0.3, -0.25) is 4.79 Å². The summed E-state index contributed by atoms with van der Waals surface area (Å²) in [5.74, 6) is -0.819. The number of carbonyl (C=O) groups is 3. The predicted octanol–water partition coefficient (Wildman–Crippen LogP) is 2.91. The van der Waals surface area contributed by atoms with Crippen molar-refractivity contribution in [2.24, 2.45) is 11.3 Å². The highest BCUT2D eigenvalue weighted by Crippen LogP contribution is 2.63. The number of nitrogens with one attached hydrogen (secondary N) is 2. The van der Waals surface area contributed by atoms with Gasteiger partial charge in [0.05, 0.1) is 12.0 Å². The van der Waals surface area contributed by atoms with Crippen molar-refractivity contribution in [3.8, 4) is 11.1 Å². The van der Waals surface area contributed by atoms with Gasteiger partial charge in [0.2, 0.25) is 5.91 Å². The van der Waals surface area contributed by atoms with Crippen molar-refractivity contribution < 1.29 is 29.0 Å². The lowest BCUT2D eigenvalue weighted by Gasteiger charge is -2.19. The maximum absolute atomic E-state index is 12.6. The van der Waals surface area contributed by atoms with Crippen molar-refractivity contribution in [3.05, 3.63) is 59.7 Å². The molecule has 0 aliphatic heterocycles. The van der Waals surface area contributed by atoms with Crippen LogP contribution in [0.25, 0.3) is 11.1 Å². The Morgan fingerprint density at radius 1 is 1.00 bits per heavy atom. The number of rotatable bonds is 9. The summed E-state index contributed by atoms with van der Waals surface area (Å²) in [6, 6.07) is 16.3. The van der Waals surface area contributed by atoms with Gasteiger partial charge in [-0.1, -0.05) is 48.5 Å². The highest BCUT2D eigenvalue weighted by molar-refractivity contribution is 5.87. The Kier molecular flexibility index (Phi) is 6.00. The highest BCUT2D eigenvalue weighted by Gasteiger charge is 2.65. The summed E-state index contributed by atoms with van der Waals surface area (Å²) in [7, 11) is 0. The first-order valence-electron chi connectivity index (χ1n) is 11.7. The van der Waals surface area contributed by atoms with E-state index in [1.165, 1.54) is 22.3 Å². The molecule has 3 atom stereocenters. The van der Waals surface area contributed by atoms with Crippen LogP contribution in [0.4, 0.5) is 4.79 Å². The van der Waals surface area contributed by atoms with Crippen molar-refractivity contribution in [2.75, 3.05) is 26.4 Å². The molecule has 0 spiro atoms. The average molecular weight is 465 g/mol. The topological polar surface area (TPSA) is 114 Å². The number of carboxylic acids is 1. The highest BCUT2D eigenvalue weighted by atomic mass is 16.5. The molecule has 0 heterocycles. The number of alkyl carbamates (subject to hydrolysis) is 1. The molecule has 3 aliphatic carbocycles.